The van der Waals surface area contributed by atoms with Gasteiger partial charge >= 0.3 is 0 Å². The predicted octanol–water partition coefficient (Wildman–Crippen LogP) is 3.78. The van der Waals surface area contributed by atoms with Crippen LogP contribution in [0, 0.1) is 34.6 Å². The number of sulfonamides is 2. The second-order valence-electron chi connectivity index (χ2n) is 9.27. The Kier molecular flexibility index (Phi) is 8.44. The zero-order chi connectivity index (χ0) is 27.0. The summed E-state index contributed by atoms with van der Waals surface area (Å²) in [5.41, 5.74) is 5.39. The van der Waals surface area contributed by atoms with Gasteiger partial charge in [0.1, 0.15) is 5.75 Å². The molecule has 0 amide bonds. The van der Waals surface area contributed by atoms with Crippen molar-refractivity contribution in [3.8, 4) is 5.75 Å². The van der Waals surface area contributed by atoms with Crippen LogP contribution in [0.5, 0.6) is 5.75 Å². The summed E-state index contributed by atoms with van der Waals surface area (Å²) in [6, 6.07) is 4.86. The number of ether oxygens (including phenoxy) is 1. The molecular weight excluding hydrogens is 498 g/mol. The quantitative estimate of drug-likeness (QED) is 0.509. The third kappa shape index (κ3) is 4.88. The molecule has 3 rings (SSSR count). The first-order valence-corrected chi connectivity index (χ1v) is 15.2. The van der Waals surface area contributed by atoms with E-state index in [4.69, 9.17) is 4.74 Å². The van der Waals surface area contributed by atoms with Gasteiger partial charge in [-0.2, -0.15) is 8.61 Å². The Morgan fingerprint density at radius 3 is 1.78 bits per heavy atom. The molecule has 1 heterocycles. The molecule has 200 valence electrons. The van der Waals surface area contributed by atoms with Crippen LogP contribution in [0.4, 0.5) is 5.69 Å². The lowest BCUT2D eigenvalue weighted by atomic mass is 9.95. The van der Waals surface area contributed by atoms with Gasteiger partial charge in [0.05, 0.1) is 22.6 Å². The fourth-order valence-corrected chi connectivity index (χ4v) is 8.40. The van der Waals surface area contributed by atoms with Crippen molar-refractivity contribution in [2.75, 3.05) is 51.3 Å². The Bertz CT molecular complexity index is 1310. The van der Waals surface area contributed by atoms with E-state index in [1.165, 1.54) is 8.61 Å². The lowest BCUT2D eigenvalue weighted by molar-refractivity contribution is 0.377. The maximum atomic E-state index is 13.7. The average Bonchev–Trinajstić information content (AvgIpc) is 2.86. The van der Waals surface area contributed by atoms with Crippen LogP contribution in [-0.2, 0) is 20.0 Å². The third-order valence-corrected chi connectivity index (χ3v) is 11.8. The molecule has 0 spiro atoms. The highest BCUT2D eigenvalue weighted by Gasteiger charge is 2.33. The molecule has 1 aliphatic rings. The maximum Gasteiger partial charge on any atom is 0.243 e. The molecule has 8 nitrogen and oxygen atoms in total. The zero-order valence-corrected chi connectivity index (χ0v) is 24.3. The Labute approximate surface area is 217 Å². The Morgan fingerprint density at radius 1 is 0.806 bits per heavy atom. The maximum absolute atomic E-state index is 13.7. The number of rotatable bonds is 8. The van der Waals surface area contributed by atoms with Crippen molar-refractivity contribution in [3.63, 3.8) is 0 Å². The SMILES string of the molecule is CCN(CC)S(=O)(=O)c1ccc(OC)c(N2CCN(S(=O)(=O)c3c(C)c(C)c(C)c(C)c3C)CC2)c1. The fraction of sp³-hybridized carbons (Fsp3) is 0.538. The van der Waals surface area contributed by atoms with Gasteiger partial charge in [-0.1, -0.05) is 13.8 Å². The second-order valence-corrected chi connectivity index (χ2v) is 13.1. The van der Waals surface area contributed by atoms with E-state index in [9.17, 15) is 16.8 Å². The Balaban J connectivity index is 1.92. The number of nitrogens with zero attached hydrogens (tertiary/aromatic N) is 3. The van der Waals surface area contributed by atoms with Crippen LogP contribution in [0.15, 0.2) is 28.0 Å². The third-order valence-electron chi connectivity index (χ3n) is 7.60. The van der Waals surface area contributed by atoms with Crippen LogP contribution in [0.3, 0.4) is 0 Å². The number of hydrogen-bond acceptors (Lipinski definition) is 6. The lowest BCUT2D eigenvalue weighted by Gasteiger charge is -2.37. The van der Waals surface area contributed by atoms with E-state index in [0.717, 1.165) is 27.8 Å². The molecule has 0 N–H and O–H groups in total. The van der Waals surface area contributed by atoms with Crippen molar-refractivity contribution in [2.45, 2.75) is 58.3 Å². The van der Waals surface area contributed by atoms with Gasteiger partial charge in [-0.25, -0.2) is 16.8 Å². The van der Waals surface area contributed by atoms with Gasteiger partial charge < -0.3 is 9.64 Å². The average molecular weight is 538 g/mol. The van der Waals surface area contributed by atoms with E-state index in [1.54, 1.807) is 25.3 Å². The van der Waals surface area contributed by atoms with Gasteiger partial charge in [-0.05, 0) is 80.6 Å². The van der Waals surface area contributed by atoms with Gasteiger partial charge in [0, 0.05) is 39.3 Å². The molecule has 2 aromatic carbocycles. The lowest BCUT2D eigenvalue weighted by Crippen LogP contribution is -2.49. The number of anilines is 1. The first kappa shape index (κ1) is 28.4. The van der Waals surface area contributed by atoms with Gasteiger partial charge in [0.2, 0.25) is 20.0 Å². The summed E-state index contributed by atoms with van der Waals surface area (Å²) in [4.78, 5) is 2.60. The van der Waals surface area contributed by atoms with Crippen molar-refractivity contribution < 1.29 is 21.6 Å². The van der Waals surface area contributed by atoms with Gasteiger partial charge in [-0.15, -0.1) is 0 Å². The van der Waals surface area contributed by atoms with Crippen LogP contribution in [0.1, 0.15) is 41.7 Å². The second kappa shape index (κ2) is 10.7. The van der Waals surface area contributed by atoms with Crippen LogP contribution in [0.2, 0.25) is 0 Å². The van der Waals surface area contributed by atoms with Crippen LogP contribution in [0.25, 0.3) is 0 Å². The summed E-state index contributed by atoms with van der Waals surface area (Å²) >= 11 is 0. The van der Waals surface area contributed by atoms with E-state index in [1.807, 2.05) is 53.4 Å². The first-order valence-electron chi connectivity index (χ1n) is 12.3. The molecule has 1 aliphatic heterocycles. The van der Waals surface area contributed by atoms with Crippen LogP contribution >= 0.6 is 0 Å². The molecule has 0 radical (unpaired) electrons. The largest absolute Gasteiger partial charge is 0.495 e. The first-order chi connectivity index (χ1) is 16.8. The van der Waals surface area contributed by atoms with Gasteiger partial charge in [0.15, 0.2) is 0 Å². The van der Waals surface area contributed by atoms with Gasteiger partial charge in [-0.3, -0.25) is 0 Å². The van der Waals surface area contributed by atoms with E-state index in [0.29, 0.717) is 55.6 Å². The molecule has 0 unspecified atom stereocenters. The van der Waals surface area contributed by atoms with Crippen LogP contribution < -0.4 is 9.64 Å². The molecule has 2 aromatic rings. The molecule has 1 saturated heterocycles. The summed E-state index contributed by atoms with van der Waals surface area (Å²) in [7, 11) is -5.77. The van der Waals surface area contributed by atoms with Gasteiger partial charge in [0.25, 0.3) is 0 Å². The summed E-state index contributed by atoms with van der Waals surface area (Å²) < 4.78 is 62.1. The van der Waals surface area contributed by atoms with Crippen molar-refractivity contribution in [2.24, 2.45) is 0 Å². The van der Waals surface area contributed by atoms with E-state index in [-0.39, 0.29) is 4.90 Å². The molecule has 10 heteroatoms. The monoisotopic (exact) mass is 537 g/mol. The molecule has 0 aromatic heterocycles. The van der Waals surface area contributed by atoms with E-state index >= 15 is 0 Å². The van der Waals surface area contributed by atoms with Crippen molar-refractivity contribution in [3.05, 3.63) is 46.0 Å². The minimum atomic E-state index is -3.68. The minimum Gasteiger partial charge on any atom is -0.495 e. The Morgan fingerprint density at radius 2 is 1.31 bits per heavy atom. The summed E-state index contributed by atoms with van der Waals surface area (Å²) in [6.45, 7) is 15.6. The highest BCUT2D eigenvalue weighted by Crippen LogP contribution is 2.35. The smallest absolute Gasteiger partial charge is 0.243 e. The number of methoxy groups -OCH3 is 1. The summed E-state index contributed by atoms with van der Waals surface area (Å²) in [5.74, 6) is 0.557. The molecule has 0 saturated carbocycles. The molecule has 0 aliphatic carbocycles. The van der Waals surface area contributed by atoms with E-state index < -0.39 is 20.0 Å². The predicted molar refractivity (Wildman–Crippen MR) is 144 cm³/mol. The molecule has 1 fully saturated rings. The molecule has 0 atom stereocenters. The molecule has 36 heavy (non-hydrogen) atoms. The number of piperazine rings is 1. The topological polar surface area (TPSA) is 87.2 Å². The minimum absolute atomic E-state index is 0.203. The zero-order valence-electron chi connectivity index (χ0n) is 22.7. The fourth-order valence-electron chi connectivity index (χ4n) is 4.94. The van der Waals surface area contributed by atoms with E-state index in [2.05, 4.69) is 0 Å². The van der Waals surface area contributed by atoms with Crippen molar-refractivity contribution >= 4 is 25.7 Å². The standard InChI is InChI=1S/C26H39N3O5S2/c1-9-28(10-2)35(30,31)23-11-12-25(34-8)24(17-23)27-13-15-29(16-14-27)36(32,33)26-21(6)19(4)18(3)20(5)22(26)7/h11-12,17H,9-10,13-16H2,1-8H3. The van der Waals surface area contributed by atoms with Crippen molar-refractivity contribution in [1.29, 1.82) is 0 Å². The molecule has 0 bridgehead atoms. The summed E-state index contributed by atoms with van der Waals surface area (Å²) in [6.07, 6.45) is 0. The van der Waals surface area contributed by atoms with Crippen molar-refractivity contribution in [1.82, 2.24) is 8.61 Å². The highest BCUT2D eigenvalue weighted by atomic mass is 32.2. The number of hydrogen-bond donors (Lipinski definition) is 0. The number of benzene rings is 2. The summed E-state index contributed by atoms with van der Waals surface area (Å²) in [5, 5.41) is 0. The molecular formula is C26H39N3O5S2. The normalized spacial score (nSPS) is 15.5. The Hall–Kier alpha value is -2.14. The highest BCUT2D eigenvalue weighted by molar-refractivity contribution is 7.89. The van der Waals surface area contributed by atoms with Crippen LogP contribution in [-0.4, -0.2) is 71.8 Å².